The fourth-order valence-electron chi connectivity index (χ4n) is 9.55. The maximum atomic E-state index is 5.53. The van der Waals surface area contributed by atoms with E-state index in [0.717, 1.165) is 104 Å². The van der Waals surface area contributed by atoms with Gasteiger partial charge >= 0.3 is 0 Å². The Morgan fingerprint density at radius 1 is 0.250 bits per heavy atom. The van der Waals surface area contributed by atoms with Crippen molar-refractivity contribution in [2.24, 2.45) is 0 Å². The Morgan fingerprint density at radius 3 is 1.22 bits per heavy atom. The molecule has 13 rings (SSSR count). The van der Waals surface area contributed by atoms with Crippen molar-refractivity contribution < 1.29 is 0 Å². The molecule has 13 aromatic rings. The summed E-state index contributed by atoms with van der Waals surface area (Å²) in [5.74, 6) is 1.38. The van der Waals surface area contributed by atoms with E-state index in [1.165, 1.54) is 15.0 Å². The number of benzene rings is 9. The van der Waals surface area contributed by atoms with Crippen LogP contribution in [0, 0.1) is 0 Å². The van der Waals surface area contributed by atoms with Crippen molar-refractivity contribution >= 4 is 63.3 Å². The number of fused-ring (bicyclic) bond motifs is 6. The third-order valence-corrected chi connectivity index (χ3v) is 15.1. The Hall–Kier alpha value is -8.42. The van der Waals surface area contributed by atoms with E-state index in [0.29, 0.717) is 11.6 Å². The van der Waals surface area contributed by atoms with Crippen molar-refractivity contribution in [2.45, 2.75) is 0 Å². The van der Waals surface area contributed by atoms with Gasteiger partial charge in [0.1, 0.15) is 0 Å². The van der Waals surface area contributed by atoms with Crippen LogP contribution in [0.2, 0.25) is 0 Å². The molecule has 0 N–H and O–H groups in total. The van der Waals surface area contributed by atoms with Gasteiger partial charge in [0, 0.05) is 42.4 Å². The van der Waals surface area contributed by atoms with Gasteiger partial charge in [0.25, 0.3) is 0 Å². The molecule has 0 aliphatic carbocycles. The van der Waals surface area contributed by atoms with E-state index in [1.807, 2.05) is 0 Å². The lowest BCUT2D eigenvalue weighted by atomic mass is 9.88. The molecule has 6 heteroatoms. The number of hydrogen-bond acceptors (Lipinski definition) is 6. The second kappa shape index (κ2) is 16.8. The molecule has 0 saturated carbocycles. The van der Waals surface area contributed by atoms with Gasteiger partial charge in [-0.2, -0.15) is 0 Å². The molecule has 0 bridgehead atoms. The number of thiophene rings is 2. The van der Waals surface area contributed by atoms with Crippen molar-refractivity contribution in [3.05, 3.63) is 231 Å². The lowest BCUT2D eigenvalue weighted by Crippen LogP contribution is -1.97. The average molecular weight is 903 g/mol. The fraction of sp³-hybridized carbons (Fsp3) is 0. The number of aromatic nitrogens is 4. The maximum Gasteiger partial charge on any atom is 0.161 e. The number of nitrogens with zero attached hydrogens (tertiary/aromatic N) is 4. The monoisotopic (exact) mass is 902 g/mol. The van der Waals surface area contributed by atoms with Crippen LogP contribution in [-0.2, 0) is 0 Å². The van der Waals surface area contributed by atoms with Gasteiger partial charge in [0.15, 0.2) is 11.6 Å². The second-order valence-corrected chi connectivity index (χ2v) is 19.0. The van der Waals surface area contributed by atoms with Gasteiger partial charge < -0.3 is 0 Å². The van der Waals surface area contributed by atoms with E-state index >= 15 is 0 Å². The molecule has 0 saturated heterocycles. The Bertz CT molecular complexity index is 4040. The van der Waals surface area contributed by atoms with Crippen molar-refractivity contribution in [3.8, 4) is 89.8 Å². The molecule has 4 aromatic heterocycles. The Kier molecular flexibility index (Phi) is 9.85. The summed E-state index contributed by atoms with van der Waals surface area (Å²) in [5.41, 5.74) is 16.7. The van der Waals surface area contributed by atoms with E-state index in [2.05, 4.69) is 231 Å². The number of hydrogen-bond donors (Lipinski definition) is 0. The zero-order chi connectivity index (χ0) is 45.0. The third kappa shape index (κ3) is 6.97. The molecule has 4 heterocycles. The predicted octanol–water partition coefficient (Wildman–Crippen LogP) is 17.3. The molecule has 0 aliphatic heterocycles. The summed E-state index contributed by atoms with van der Waals surface area (Å²) in [6.07, 6.45) is 0. The summed E-state index contributed by atoms with van der Waals surface area (Å²) in [5, 5.41) is 2.26. The Morgan fingerprint density at radius 2 is 0.632 bits per heavy atom. The van der Waals surface area contributed by atoms with Gasteiger partial charge in [-0.1, -0.05) is 206 Å². The molecule has 0 spiro atoms. The van der Waals surface area contributed by atoms with Crippen LogP contribution in [0.4, 0.5) is 0 Å². The minimum Gasteiger partial charge on any atom is -0.226 e. The van der Waals surface area contributed by atoms with Crippen molar-refractivity contribution in [2.75, 3.05) is 0 Å². The highest BCUT2D eigenvalue weighted by Crippen LogP contribution is 2.46. The molecule has 0 aliphatic rings. The first kappa shape index (κ1) is 39.9. The summed E-state index contributed by atoms with van der Waals surface area (Å²) in [4.78, 5) is 21.8. The summed E-state index contributed by atoms with van der Waals surface area (Å²) >= 11 is 3.51. The Labute approximate surface area is 401 Å². The molecule has 0 radical (unpaired) electrons. The van der Waals surface area contributed by atoms with Gasteiger partial charge in [-0.3, -0.25) is 0 Å². The standard InChI is InChI=1S/C62H38N4S2/c1-3-19-39(20-4-1)41-23-17-25-43(37-41)55-59-57(51-33-13-15-35-53(51)67-59)66-62(63-55)50-32-12-10-30-48(50)46-28-8-7-27-45(46)47-29-9-11-31-49(47)56-60-58(52-34-14-16-36-54(52)68-60)65-61(64-56)44-26-18-24-42(38-44)40-21-5-2-6-22-40/h1-38H. The first-order valence-electron chi connectivity index (χ1n) is 22.7. The molecule has 318 valence electrons. The first-order chi connectivity index (χ1) is 33.7. The topological polar surface area (TPSA) is 51.6 Å². The first-order valence-corrected chi connectivity index (χ1v) is 24.3. The summed E-state index contributed by atoms with van der Waals surface area (Å²) < 4.78 is 4.51. The van der Waals surface area contributed by atoms with Crippen LogP contribution < -0.4 is 0 Å². The normalized spacial score (nSPS) is 11.5. The molecule has 9 aromatic carbocycles. The largest absolute Gasteiger partial charge is 0.226 e. The van der Waals surface area contributed by atoms with Crippen molar-refractivity contribution in [1.29, 1.82) is 0 Å². The van der Waals surface area contributed by atoms with Crippen LogP contribution in [0.25, 0.3) is 130 Å². The van der Waals surface area contributed by atoms with Crippen LogP contribution in [-0.4, -0.2) is 19.9 Å². The van der Waals surface area contributed by atoms with Crippen molar-refractivity contribution in [1.82, 2.24) is 19.9 Å². The highest BCUT2D eigenvalue weighted by Gasteiger charge is 2.23. The predicted molar refractivity (Wildman–Crippen MR) is 287 cm³/mol. The molecule has 0 amide bonds. The minimum atomic E-state index is 0.685. The summed E-state index contributed by atoms with van der Waals surface area (Å²) in [6.45, 7) is 0. The zero-order valence-corrected chi connectivity index (χ0v) is 38.2. The smallest absolute Gasteiger partial charge is 0.161 e. The number of rotatable bonds is 8. The fourth-order valence-corrected chi connectivity index (χ4v) is 11.8. The second-order valence-electron chi connectivity index (χ2n) is 16.9. The average Bonchev–Trinajstić information content (AvgIpc) is 4.00. The highest BCUT2D eigenvalue weighted by atomic mass is 32.1. The van der Waals surface area contributed by atoms with E-state index in [1.54, 1.807) is 22.7 Å². The molecular weight excluding hydrogens is 865 g/mol. The quantitative estimate of drug-likeness (QED) is 0.152. The molecule has 0 atom stereocenters. The summed E-state index contributed by atoms with van der Waals surface area (Å²) in [6, 6.07) is 81.5. The lowest BCUT2D eigenvalue weighted by Gasteiger charge is -2.17. The van der Waals surface area contributed by atoms with Gasteiger partial charge in [0.05, 0.1) is 31.8 Å². The molecule has 68 heavy (non-hydrogen) atoms. The third-order valence-electron chi connectivity index (χ3n) is 12.8. The summed E-state index contributed by atoms with van der Waals surface area (Å²) in [7, 11) is 0. The Balaban J connectivity index is 0.996. The highest BCUT2D eigenvalue weighted by molar-refractivity contribution is 7.26. The van der Waals surface area contributed by atoms with Crippen molar-refractivity contribution in [3.63, 3.8) is 0 Å². The molecule has 0 unspecified atom stereocenters. The van der Waals surface area contributed by atoms with E-state index in [9.17, 15) is 0 Å². The van der Waals surface area contributed by atoms with Crippen LogP contribution in [0.15, 0.2) is 231 Å². The van der Waals surface area contributed by atoms with E-state index in [4.69, 9.17) is 19.9 Å². The van der Waals surface area contributed by atoms with Gasteiger partial charge in [0.2, 0.25) is 0 Å². The van der Waals surface area contributed by atoms with Crippen LogP contribution in [0.5, 0.6) is 0 Å². The molecule has 0 fully saturated rings. The van der Waals surface area contributed by atoms with Gasteiger partial charge in [-0.05, 0) is 68.8 Å². The lowest BCUT2D eigenvalue weighted by molar-refractivity contribution is 1.24. The van der Waals surface area contributed by atoms with Gasteiger partial charge in [-0.25, -0.2) is 19.9 Å². The van der Waals surface area contributed by atoms with Crippen LogP contribution in [0.3, 0.4) is 0 Å². The van der Waals surface area contributed by atoms with E-state index < -0.39 is 0 Å². The molecular formula is C62H38N4S2. The van der Waals surface area contributed by atoms with Crippen LogP contribution in [0.1, 0.15) is 0 Å². The SMILES string of the molecule is c1ccc(-c2cccc(-c3nc(-c4ccccc4-c4ccccc4-c4ccccc4-c4nc(-c5cccc(-c6ccccc6)c5)c5sc6ccccc6c5n4)c4sc5ccccc5c4n3)c2)cc1. The minimum absolute atomic E-state index is 0.685. The maximum absolute atomic E-state index is 5.53. The van der Waals surface area contributed by atoms with E-state index in [-0.39, 0.29) is 0 Å². The zero-order valence-electron chi connectivity index (χ0n) is 36.5. The molecule has 4 nitrogen and oxygen atoms in total. The van der Waals surface area contributed by atoms with Gasteiger partial charge in [-0.15, -0.1) is 22.7 Å². The van der Waals surface area contributed by atoms with Crippen LogP contribution >= 0.6 is 22.7 Å².